The highest BCUT2D eigenvalue weighted by atomic mass is 32.1. The van der Waals surface area contributed by atoms with Crippen LogP contribution < -0.4 is 10.1 Å². The first-order valence-electron chi connectivity index (χ1n) is 11.7. The Labute approximate surface area is 195 Å². The van der Waals surface area contributed by atoms with Gasteiger partial charge >= 0.3 is 0 Å². The SMILES string of the molecule is O=C(C1CCC1)N1CCCC1CNCc1coc2cc(Oc3nc4ncccc4s3)ccc12. The molecule has 1 atom stereocenters. The number of aromatic nitrogens is 2. The van der Waals surface area contributed by atoms with Gasteiger partial charge in [0.15, 0.2) is 5.65 Å². The maximum absolute atomic E-state index is 12.7. The molecule has 0 spiro atoms. The lowest BCUT2D eigenvalue weighted by atomic mass is 9.84. The maximum Gasteiger partial charge on any atom is 0.281 e. The number of thiazole rings is 1. The molecule has 1 aromatic carbocycles. The van der Waals surface area contributed by atoms with Crippen LogP contribution in [-0.2, 0) is 11.3 Å². The minimum atomic E-state index is 0.277. The molecule has 4 heterocycles. The molecule has 1 saturated carbocycles. The van der Waals surface area contributed by atoms with Crippen LogP contribution in [0.25, 0.3) is 21.3 Å². The summed E-state index contributed by atoms with van der Waals surface area (Å²) in [4.78, 5) is 23.5. The molecule has 0 radical (unpaired) electrons. The summed E-state index contributed by atoms with van der Waals surface area (Å²) in [5.41, 5.74) is 2.59. The van der Waals surface area contributed by atoms with E-state index < -0.39 is 0 Å². The molecule has 7 nitrogen and oxygen atoms in total. The molecule has 1 unspecified atom stereocenters. The van der Waals surface area contributed by atoms with Gasteiger partial charge < -0.3 is 19.4 Å². The molecule has 1 saturated heterocycles. The third-order valence-electron chi connectivity index (χ3n) is 6.79. The van der Waals surface area contributed by atoms with Crippen LogP contribution in [-0.4, -0.2) is 39.9 Å². The summed E-state index contributed by atoms with van der Waals surface area (Å²) >= 11 is 1.47. The van der Waals surface area contributed by atoms with E-state index in [0.717, 1.165) is 60.0 Å². The van der Waals surface area contributed by atoms with Crippen LogP contribution in [0.3, 0.4) is 0 Å². The van der Waals surface area contributed by atoms with Gasteiger partial charge in [-0.3, -0.25) is 4.79 Å². The summed E-state index contributed by atoms with van der Waals surface area (Å²) in [5, 5.41) is 5.18. The summed E-state index contributed by atoms with van der Waals surface area (Å²) in [6.45, 7) is 2.43. The first-order chi connectivity index (χ1) is 16.2. The third kappa shape index (κ3) is 4.09. The number of pyridine rings is 1. The number of carbonyl (C=O) groups excluding carboxylic acids is 1. The Morgan fingerprint density at radius 1 is 1.24 bits per heavy atom. The number of likely N-dealkylation sites (tertiary alicyclic amines) is 1. The van der Waals surface area contributed by atoms with Crippen molar-refractivity contribution >= 4 is 38.6 Å². The van der Waals surface area contributed by atoms with Crippen molar-refractivity contribution in [2.45, 2.75) is 44.7 Å². The van der Waals surface area contributed by atoms with Gasteiger partial charge in [-0.15, -0.1) is 0 Å². The molecule has 1 aliphatic heterocycles. The van der Waals surface area contributed by atoms with E-state index in [4.69, 9.17) is 9.15 Å². The Morgan fingerprint density at radius 3 is 3.03 bits per heavy atom. The molecule has 4 aromatic rings. The van der Waals surface area contributed by atoms with Crippen molar-refractivity contribution in [1.29, 1.82) is 0 Å². The van der Waals surface area contributed by atoms with E-state index in [1.165, 1.54) is 17.8 Å². The Kier molecular flexibility index (Phi) is 5.47. The van der Waals surface area contributed by atoms with E-state index in [2.05, 4.69) is 20.2 Å². The number of ether oxygens (including phenoxy) is 1. The number of hydrogen-bond acceptors (Lipinski definition) is 7. The predicted octanol–water partition coefficient (Wildman–Crippen LogP) is 5.11. The molecular formula is C25H26N4O3S. The monoisotopic (exact) mass is 462 g/mol. The highest BCUT2D eigenvalue weighted by Crippen LogP contribution is 2.33. The van der Waals surface area contributed by atoms with Gasteiger partial charge in [0, 0.05) is 54.8 Å². The molecule has 1 N–H and O–H groups in total. The number of hydrogen-bond donors (Lipinski definition) is 1. The molecule has 33 heavy (non-hydrogen) atoms. The Bertz CT molecular complexity index is 1260. The largest absolute Gasteiger partial charge is 0.464 e. The summed E-state index contributed by atoms with van der Waals surface area (Å²) in [7, 11) is 0. The minimum absolute atomic E-state index is 0.277. The number of benzene rings is 1. The second kappa shape index (κ2) is 8.76. The Morgan fingerprint density at radius 2 is 2.18 bits per heavy atom. The van der Waals surface area contributed by atoms with Crippen molar-refractivity contribution in [1.82, 2.24) is 20.2 Å². The molecule has 6 rings (SSSR count). The lowest BCUT2D eigenvalue weighted by molar-refractivity contribution is -0.138. The second-order valence-electron chi connectivity index (χ2n) is 8.91. The van der Waals surface area contributed by atoms with Crippen molar-refractivity contribution in [3.05, 3.63) is 48.4 Å². The topological polar surface area (TPSA) is 80.5 Å². The first kappa shape index (κ1) is 20.6. The average Bonchev–Trinajstić information content (AvgIpc) is 3.50. The third-order valence-corrected chi connectivity index (χ3v) is 7.68. The van der Waals surface area contributed by atoms with E-state index >= 15 is 0 Å². The fourth-order valence-corrected chi connectivity index (χ4v) is 5.55. The minimum Gasteiger partial charge on any atom is -0.464 e. The quantitative estimate of drug-likeness (QED) is 0.411. The van der Waals surface area contributed by atoms with Crippen molar-refractivity contribution in [2.75, 3.05) is 13.1 Å². The number of nitrogens with zero attached hydrogens (tertiary/aromatic N) is 3. The molecule has 1 aliphatic carbocycles. The summed E-state index contributed by atoms with van der Waals surface area (Å²) in [6, 6.07) is 10.0. The molecule has 0 bridgehead atoms. The normalized spacial score (nSPS) is 18.8. The number of amides is 1. The van der Waals surface area contributed by atoms with E-state index in [-0.39, 0.29) is 5.92 Å². The van der Waals surface area contributed by atoms with Gasteiger partial charge in [-0.25, -0.2) is 4.98 Å². The van der Waals surface area contributed by atoms with Gasteiger partial charge in [0.05, 0.1) is 11.0 Å². The highest BCUT2D eigenvalue weighted by molar-refractivity contribution is 7.20. The Balaban J connectivity index is 1.09. The number of fused-ring (bicyclic) bond motifs is 2. The zero-order valence-corrected chi connectivity index (χ0v) is 19.1. The molecule has 2 fully saturated rings. The zero-order valence-electron chi connectivity index (χ0n) is 18.3. The number of nitrogens with one attached hydrogen (secondary N) is 1. The fourth-order valence-electron chi connectivity index (χ4n) is 4.76. The lowest BCUT2D eigenvalue weighted by Gasteiger charge is -2.33. The van der Waals surface area contributed by atoms with E-state index in [1.807, 2.05) is 30.3 Å². The van der Waals surface area contributed by atoms with E-state index in [1.54, 1.807) is 12.5 Å². The lowest BCUT2D eigenvalue weighted by Crippen LogP contribution is -2.45. The highest BCUT2D eigenvalue weighted by Gasteiger charge is 2.35. The van der Waals surface area contributed by atoms with Crippen molar-refractivity contribution < 1.29 is 13.9 Å². The van der Waals surface area contributed by atoms with Crippen LogP contribution in [0.5, 0.6) is 10.9 Å². The van der Waals surface area contributed by atoms with E-state index in [0.29, 0.717) is 35.1 Å². The number of carbonyl (C=O) groups is 1. The van der Waals surface area contributed by atoms with Crippen LogP contribution in [0.1, 0.15) is 37.7 Å². The second-order valence-corrected chi connectivity index (χ2v) is 9.91. The average molecular weight is 463 g/mol. The van der Waals surface area contributed by atoms with Crippen molar-refractivity contribution in [3.63, 3.8) is 0 Å². The summed E-state index contributed by atoms with van der Waals surface area (Å²) in [5.74, 6) is 1.33. The molecular weight excluding hydrogens is 436 g/mol. The number of furan rings is 1. The van der Waals surface area contributed by atoms with E-state index in [9.17, 15) is 4.79 Å². The zero-order chi connectivity index (χ0) is 22.2. The molecule has 1 amide bonds. The van der Waals surface area contributed by atoms with Gasteiger partial charge in [0.1, 0.15) is 11.3 Å². The van der Waals surface area contributed by atoms with Gasteiger partial charge in [-0.2, -0.15) is 4.98 Å². The van der Waals surface area contributed by atoms with Crippen LogP contribution in [0.2, 0.25) is 0 Å². The predicted molar refractivity (Wildman–Crippen MR) is 127 cm³/mol. The maximum atomic E-state index is 12.7. The molecule has 8 heteroatoms. The number of rotatable bonds is 7. The molecule has 2 aliphatic rings. The fraction of sp³-hybridized carbons (Fsp3) is 0.400. The standard InChI is InChI=1S/C25H26N4O3S/c30-24(16-4-1-5-16)29-11-3-6-18(29)14-26-13-17-15-31-21-12-19(8-9-20(17)21)32-25-28-23-22(33-25)7-2-10-27-23/h2,7-10,12,15-16,18,26H,1,3-6,11,13-14H2. The molecule has 3 aromatic heterocycles. The van der Waals surface area contributed by atoms with Crippen LogP contribution in [0.15, 0.2) is 47.2 Å². The van der Waals surface area contributed by atoms with Gasteiger partial charge in [-0.1, -0.05) is 17.8 Å². The molecule has 170 valence electrons. The van der Waals surface area contributed by atoms with Crippen LogP contribution in [0.4, 0.5) is 0 Å². The van der Waals surface area contributed by atoms with Crippen molar-refractivity contribution in [3.8, 4) is 10.9 Å². The smallest absolute Gasteiger partial charge is 0.281 e. The van der Waals surface area contributed by atoms with Crippen molar-refractivity contribution in [2.24, 2.45) is 5.92 Å². The summed E-state index contributed by atoms with van der Waals surface area (Å²) in [6.07, 6.45) is 9.05. The van der Waals surface area contributed by atoms with Crippen LogP contribution in [0, 0.1) is 5.92 Å². The first-order valence-corrected chi connectivity index (χ1v) is 12.5. The van der Waals surface area contributed by atoms with Gasteiger partial charge in [0.25, 0.3) is 5.19 Å². The Hall–Kier alpha value is -2.97. The van der Waals surface area contributed by atoms with Crippen LogP contribution >= 0.6 is 11.3 Å². The van der Waals surface area contributed by atoms with Gasteiger partial charge in [-0.05, 0) is 49.9 Å². The van der Waals surface area contributed by atoms with Gasteiger partial charge in [0.2, 0.25) is 5.91 Å². The summed E-state index contributed by atoms with van der Waals surface area (Å²) < 4.78 is 12.8.